The molecule has 0 saturated carbocycles. The van der Waals surface area contributed by atoms with Gasteiger partial charge < -0.3 is 26.6 Å². The number of amides is 2. The van der Waals surface area contributed by atoms with Gasteiger partial charge in [0.1, 0.15) is 18.1 Å². The molecule has 1 aliphatic carbocycles. The van der Waals surface area contributed by atoms with Gasteiger partial charge in [-0.25, -0.2) is 4.79 Å². The molecule has 0 radical (unpaired) electrons. The summed E-state index contributed by atoms with van der Waals surface area (Å²) in [7, 11) is 0. The van der Waals surface area contributed by atoms with Crippen molar-refractivity contribution in [3.8, 4) is 0 Å². The number of aliphatic hydroxyl groups excluding tert-OH is 1. The Balaban J connectivity index is 0.000000524. The second kappa shape index (κ2) is 11.7. The molecule has 0 spiro atoms. The first-order chi connectivity index (χ1) is 13.9. The highest BCUT2D eigenvalue weighted by Gasteiger charge is 2.31. The van der Waals surface area contributed by atoms with Gasteiger partial charge in [0.15, 0.2) is 0 Å². The molecular weight excluding hydrogens is 386 g/mol. The summed E-state index contributed by atoms with van der Waals surface area (Å²) in [4.78, 5) is 35.5. The van der Waals surface area contributed by atoms with Gasteiger partial charge in [-0.15, -0.1) is 0 Å². The smallest absolute Gasteiger partial charge is 0.326 e. The predicted octanol–water partition coefficient (Wildman–Crippen LogP) is 1.04. The van der Waals surface area contributed by atoms with Gasteiger partial charge in [0.25, 0.3) is 0 Å². The largest absolute Gasteiger partial charge is 0.480 e. The zero-order valence-electron chi connectivity index (χ0n) is 18.4. The maximum atomic E-state index is 12.3. The average molecular weight is 422 g/mol. The Morgan fingerprint density at radius 3 is 1.90 bits per heavy atom. The molecule has 0 bridgehead atoms. The summed E-state index contributed by atoms with van der Waals surface area (Å²) in [6, 6.07) is 5.42. The number of hydrogen-bond acceptors (Lipinski definition) is 5. The number of aliphatic carboxylic acids is 1. The molecule has 1 aromatic rings. The molecule has 0 saturated heterocycles. The van der Waals surface area contributed by atoms with Crippen molar-refractivity contribution in [3.63, 3.8) is 0 Å². The van der Waals surface area contributed by atoms with Crippen molar-refractivity contribution in [2.75, 3.05) is 0 Å². The van der Waals surface area contributed by atoms with Crippen LogP contribution in [0.1, 0.15) is 52.2 Å². The average Bonchev–Trinajstić information content (AvgIpc) is 3.44. The van der Waals surface area contributed by atoms with Crippen LogP contribution in [0, 0.1) is 11.8 Å². The number of carbonyl (C=O) groups is 3. The fourth-order valence-electron chi connectivity index (χ4n) is 2.79. The van der Waals surface area contributed by atoms with E-state index in [-0.39, 0.29) is 18.3 Å². The molecule has 8 heteroatoms. The maximum Gasteiger partial charge on any atom is 0.326 e. The summed E-state index contributed by atoms with van der Waals surface area (Å²) in [5.74, 6) is -2.55. The Labute approximate surface area is 178 Å². The van der Waals surface area contributed by atoms with Crippen molar-refractivity contribution >= 4 is 17.8 Å². The monoisotopic (exact) mass is 421 g/mol. The summed E-state index contributed by atoms with van der Waals surface area (Å²) in [5.41, 5.74) is 8.60. The Morgan fingerprint density at radius 1 is 1.00 bits per heavy atom. The number of nitrogens with one attached hydrogen (secondary N) is 2. The minimum absolute atomic E-state index is 0.0900. The fraction of sp³-hybridized carbons (Fsp3) is 0.591. The normalized spacial score (nSPS) is 15.8. The number of carbonyl (C=O) groups excluding carboxylic acids is 2. The first-order valence-corrected chi connectivity index (χ1v) is 10.3. The summed E-state index contributed by atoms with van der Waals surface area (Å²) < 4.78 is 0. The van der Waals surface area contributed by atoms with Crippen molar-refractivity contribution < 1.29 is 24.6 Å². The van der Waals surface area contributed by atoms with E-state index in [1.165, 1.54) is 24.5 Å². The lowest BCUT2D eigenvalue weighted by molar-refractivity contribution is -0.143. The van der Waals surface area contributed by atoms with Crippen LogP contribution in [0.25, 0.3) is 0 Å². The van der Waals surface area contributed by atoms with Gasteiger partial charge in [-0.1, -0.05) is 52.0 Å². The molecule has 0 aliphatic heterocycles. The van der Waals surface area contributed by atoms with E-state index in [4.69, 9.17) is 5.73 Å². The zero-order chi connectivity index (χ0) is 23.0. The molecule has 8 nitrogen and oxygen atoms in total. The van der Waals surface area contributed by atoms with E-state index in [1.807, 2.05) is 13.8 Å². The molecule has 4 atom stereocenters. The van der Waals surface area contributed by atoms with Gasteiger partial charge >= 0.3 is 5.97 Å². The summed E-state index contributed by atoms with van der Waals surface area (Å²) in [5, 5.41) is 23.4. The molecule has 0 heterocycles. The maximum absolute atomic E-state index is 12.3. The first kappa shape index (κ1) is 25.6. The highest BCUT2D eigenvalue weighted by Crippen LogP contribution is 2.25. The van der Waals surface area contributed by atoms with Crippen LogP contribution in [-0.4, -0.2) is 52.2 Å². The van der Waals surface area contributed by atoms with Gasteiger partial charge in [-0.2, -0.15) is 0 Å². The number of rotatable bonds is 9. The predicted molar refractivity (Wildman–Crippen MR) is 115 cm³/mol. The van der Waals surface area contributed by atoms with Crippen LogP contribution in [0.2, 0.25) is 0 Å². The van der Waals surface area contributed by atoms with Gasteiger partial charge in [0.05, 0.1) is 6.10 Å². The Bertz CT molecular complexity index is 712. The van der Waals surface area contributed by atoms with Crippen molar-refractivity contribution in [3.05, 3.63) is 35.4 Å². The number of aliphatic hydroxyl groups is 1. The molecule has 2 rings (SSSR count). The van der Waals surface area contributed by atoms with Crippen LogP contribution in [0.3, 0.4) is 0 Å². The SMILES string of the molecule is CC(C)CC(NC(=O)C(NC(=O)C(N)C(C)O)C(C)C)C(=O)O.c1ccc2c(c1)C2. The molecular formula is C22H35N3O5. The van der Waals surface area contributed by atoms with Crippen molar-refractivity contribution in [1.29, 1.82) is 0 Å². The number of nitrogens with two attached hydrogens (primary N) is 1. The second-order valence-electron chi connectivity index (χ2n) is 8.47. The van der Waals surface area contributed by atoms with E-state index in [9.17, 15) is 24.6 Å². The van der Waals surface area contributed by atoms with Crippen LogP contribution in [-0.2, 0) is 20.8 Å². The zero-order valence-corrected chi connectivity index (χ0v) is 18.4. The molecule has 2 amide bonds. The number of fused-ring (bicyclic) bond motifs is 1. The molecule has 0 aromatic heterocycles. The third-order valence-corrected chi connectivity index (χ3v) is 4.77. The lowest BCUT2D eigenvalue weighted by atomic mass is 10.00. The van der Waals surface area contributed by atoms with Crippen molar-refractivity contribution in [2.24, 2.45) is 17.6 Å². The van der Waals surface area contributed by atoms with E-state index in [0.717, 1.165) is 0 Å². The molecule has 1 aliphatic rings. The molecule has 1 aromatic carbocycles. The number of benzene rings is 1. The minimum atomic E-state index is -1.16. The van der Waals surface area contributed by atoms with Crippen LogP contribution in [0.5, 0.6) is 0 Å². The molecule has 30 heavy (non-hydrogen) atoms. The van der Waals surface area contributed by atoms with E-state index >= 15 is 0 Å². The van der Waals surface area contributed by atoms with Crippen LogP contribution >= 0.6 is 0 Å². The van der Waals surface area contributed by atoms with Crippen LogP contribution in [0.4, 0.5) is 0 Å². The molecule has 0 fully saturated rings. The number of hydrogen-bond donors (Lipinski definition) is 5. The van der Waals surface area contributed by atoms with Crippen molar-refractivity contribution in [2.45, 2.75) is 71.7 Å². The summed E-state index contributed by atoms with van der Waals surface area (Å²) in [6.45, 7) is 8.52. The minimum Gasteiger partial charge on any atom is -0.480 e. The first-order valence-electron chi connectivity index (χ1n) is 10.3. The summed E-state index contributed by atoms with van der Waals surface area (Å²) >= 11 is 0. The van der Waals surface area contributed by atoms with Gasteiger partial charge in [-0.3, -0.25) is 9.59 Å². The van der Waals surface area contributed by atoms with E-state index < -0.39 is 42.0 Å². The Hall–Kier alpha value is -2.45. The van der Waals surface area contributed by atoms with E-state index in [2.05, 4.69) is 34.9 Å². The van der Waals surface area contributed by atoms with Gasteiger partial charge in [0.2, 0.25) is 11.8 Å². The van der Waals surface area contributed by atoms with E-state index in [0.29, 0.717) is 0 Å². The lowest BCUT2D eigenvalue weighted by Gasteiger charge is -2.26. The standard InChI is InChI=1S/C15H29N3O5.C7H6/c1-7(2)6-10(15(22)23)17-14(21)12(8(3)4)18-13(20)11(16)9(5)19;1-2-4-7-5-6(7)3-1/h7-12,19H,6,16H2,1-5H3,(H,17,21)(H,18,20)(H,22,23);1-4H,5H2. The third kappa shape index (κ3) is 8.51. The molecule has 168 valence electrons. The van der Waals surface area contributed by atoms with Gasteiger partial charge in [-0.05, 0) is 42.7 Å². The highest BCUT2D eigenvalue weighted by atomic mass is 16.4. The highest BCUT2D eigenvalue weighted by molar-refractivity contribution is 5.92. The summed E-state index contributed by atoms with van der Waals surface area (Å²) in [6.07, 6.45) is 0.471. The quantitative estimate of drug-likeness (QED) is 0.410. The number of carboxylic acids is 1. The lowest BCUT2D eigenvalue weighted by Crippen LogP contribution is -2.58. The molecule has 4 unspecified atom stereocenters. The Kier molecular flexibility index (Phi) is 9.95. The van der Waals surface area contributed by atoms with E-state index in [1.54, 1.807) is 13.8 Å². The Morgan fingerprint density at radius 2 is 1.53 bits per heavy atom. The third-order valence-electron chi connectivity index (χ3n) is 4.77. The fourth-order valence-corrected chi connectivity index (χ4v) is 2.79. The van der Waals surface area contributed by atoms with Crippen LogP contribution in [0.15, 0.2) is 24.3 Å². The second-order valence-corrected chi connectivity index (χ2v) is 8.47. The topological polar surface area (TPSA) is 142 Å². The molecule has 6 N–H and O–H groups in total. The van der Waals surface area contributed by atoms with Gasteiger partial charge in [0, 0.05) is 0 Å². The van der Waals surface area contributed by atoms with Crippen molar-refractivity contribution in [1.82, 2.24) is 10.6 Å². The number of carboxylic acid groups (broad SMARTS) is 1. The van der Waals surface area contributed by atoms with Crippen LogP contribution < -0.4 is 16.4 Å².